The van der Waals surface area contributed by atoms with Gasteiger partial charge in [-0.05, 0) is 26.7 Å². The van der Waals surface area contributed by atoms with Gasteiger partial charge < -0.3 is 0 Å². The molecule has 0 bridgehead atoms. The molecule has 0 nitrogen and oxygen atoms in total. The lowest BCUT2D eigenvalue weighted by Gasteiger charge is -1.91. The van der Waals surface area contributed by atoms with Crippen LogP contribution in [0.2, 0.25) is 0 Å². The summed E-state index contributed by atoms with van der Waals surface area (Å²) in [5.41, 5.74) is 2.55. The highest BCUT2D eigenvalue weighted by molar-refractivity contribution is 5.26. The molecule has 0 aromatic rings. The van der Waals surface area contributed by atoms with Crippen LogP contribution in [0.5, 0.6) is 0 Å². The molecule has 0 radical (unpaired) electrons. The Kier molecular flexibility index (Phi) is 8.24. The summed E-state index contributed by atoms with van der Waals surface area (Å²) in [5, 5.41) is 0. The summed E-state index contributed by atoms with van der Waals surface area (Å²) < 4.78 is 0. The predicted molar refractivity (Wildman–Crippen MR) is 75.4 cm³/mol. The summed E-state index contributed by atoms with van der Waals surface area (Å²) in [6.07, 6.45) is 16.9. The van der Waals surface area contributed by atoms with Gasteiger partial charge in [0.2, 0.25) is 0 Å². The van der Waals surface area contributed by atoms with Crippen molar-refractivity contribution in [2.45, 2.75) is 34.6 Å². The molecule has 0 heteroatoms. The van der Waals surface area contributed by atoms with Gasteiger partial charge in [-0.1, -0.05) is 73.6 Å². The lowest BCUT2D eigenvalue weighted by atomic mass is 10.2. The zero-order valence-corrected chi connectivity index (χ0v) is 11.2. The lowest BCUT2D eigenvalue weighted by Crippen LogP contribution is -1.75. The van der Waals surface area contributed by atoms with E-state index in [1.807, 2.05) is 6.92 Å². The largest absolute Gasteiger partial charge is 0.0847 e. The van der Waals surface area contributed by atoms with Gasteiger partial charge in [0.05, 0.1) is 0 Å². The van der Waals surface area contributed by atoms with Crippen molar-refractivity contribution in [1.29, 1.82) is 0 Å². The van der Waals surface area contributed by atoms with Gasteiger partial charge in [-0.2, -0.15) is 0 Å². The highest BCUT2D eigenvalue weighted by atomic mass is 13.9. The van der Waals surface area contributed by atoms with Crippen LogP contribution >= 0.6 is 0 Å². The molecule has 0 N–H and O–H groups in total. The number of hydrogen-bond donors (Lipinski definition) is 0. The fraction of sp³-hybridized carbons (Fsp3) is 0.375. The molecule has 0 heterocycles. The minimum atomic E-state index is 0.616. The van der Waals surface area contributed by atoms with Crippen molar-refractivity contribution in [3.63, 3.8) is 0 Å². The van der Waals surface area contributed by atoms with E-state index in [1.165, 1.54) is 11.1 Å². The Morgan fingerprint density at radius 2 is 1.44 bits per heavy atom. The maximum atomic E-state index is 2.19. The second-order valence-corrected chi connectivity index (χ2v) is 4.29. The number of hydrogen-bond acceptors (Lipinski definition) is 0. The molecule has 16 heavy (non-hydrogen) atoms. The normalized spacial score (nSPS) is 15.1. The Bertz CT molecular complexity index is 320. The zero-order valence-electron chi connectivity index (χ0n) is 11.2. The van der Waals surface area contributed by atoms with E-state index >= 15 is 0 Å². The average Bonchev–Trinajstić information content (AvgIpc) is 2.23. The highest BCUT2D eigenvalue weighted by Crippen LogP contribution is 2.00. The molecule has 0 atom stereocenters. The Balaban J connectivity index is 4.19. The van der Waals surface area contributed by atoms with Crippen LogP contribution < -0.4 is 0 Å². The van der Waals surface area contributed by atoms with E-state index in [2.05, 4.69) is 76.3 Å². The monoisotopic (exact) mass is 216 g/mol. The molecule has 0 unspecified atom stereocenters. The van der Waals surface area contributed by atoms with Crippen molar-refractivity contribution in [2.24, 2.45) is 5.92 Å². The van der Waals surface area contributed by atoms with Crippen molar-refractivity contribution in [3.8, 4) is 0 Å². The molecule has 0 aliphatic rings. The predicted octanol–water partition coefficient (Wildman–Crippen LogP) is 5.22. The summed E-state index contributed by atoms with van der Waals surface area (Å²) in [7, 11) is 0. The third-order valence-corrected chi connectivity index (χ3v) is 2.14. The van der Waals surface area contributed by atoms with E-state index in [0.29, 0.717) is 5.92 Å². The molecule has 88 valence electrons. The van der Waals surface area contributed by atoms with Crippen LogP contribution in [0.15, 0.2) is 59.8 Å². The topological polar surface area (TPSA) is 0 Å². The highest BCUT2D eigenvalue weighted by Gasteiger charge is 1.81. The van der Waals surface area contributed by atoms with Crippen LogP contribution in [-0.2, 0) is 0 Å². The smallest absolute Gasteiger partial charge is 0.0287 e. The second kappa shape index (κ2) is 8.96. The van der Waals surface area contributed by atoms with E-state index in [0.717, 1.165) is 0 Å². The lowest BCUT2D eigenvalue weighted by molar-refractivity contribution is 0.832. The number of rotatable bonds is 5. The molecule has 0 saturated heterocycles. The van der Waals surface area contributed by atoms with E-state index in [9.17, 15) is 0 Å². The SMILES string of the molecule is C\C=C(C)/C=C\C=C\C(C)=C\C=C/C(C)C. The van der Waals surface area contributed by atoms with Crippen LogP contribution in [-0.4, -0.2) is 0 Å². The molecular weight excluding hydrogens is 192 g/mol. The summed E-state index contributed by atoms with van der Waals surface area (Å²) in [6.45, 7) is 10.6. The summed E-state index contributed by atoms with van der Waals surface area (Å²) >= 11 is 0. The van der Waals surface area contributed by atoms with E-state index in [-0.39, 0.29) is 0 Å². The molecule has 0 rings (SSSR count). The molecule has 0 aromatic heterocycles. The van der Waals surface area contributed by atoms with Gasteiger partial charge in [0, 0.05) is 0 Å². The first-order valence-corrected chi connectivity index (χ1v) is 5.89. The second-order valence-electron chi connectivity index (χ2n) is 4.29. The van der Waals surface area contributed by atoms with Gasteiger partial charge in [-0.3, -0.25) is 0 Å². The first-order chi connectivity index (χ1) is 7.56. The van der Waals surface area contributed by atoms with Crippen molar-refractivity contribution < 1.29 is 0 Å². The van der Waals surface area contributed by atoms with E-state index in [4.69, 9.17) is 0 Å². The van der Waals surface area contributed by atoms with Gasteiger partial charge >= 0.3 is 0 Å². The van der Waals surface area contributed by atoms with Gasteiger partial charge in [0.25, 0.3) is 0 Å². The average molecular weight is 216 g/mol. The van der Waals surface area contributed by atoms with Gasteiger partial charge in [-0.25, -0.2) is 0 Å². The van der Waals surface area contributed by atoms with Crippen LogP contribution in [0.1, 0.15) is 34.6 Å². The standard InChI is InChI=1S/C16H24/c1-6-15(4)11-7-8-12-16(5)13-9-10-14(2)3/h6-14H,1-5H3/b10-9-,11-7-,12-8+,15-6-,16-13+. The number of allylic oxidation sites excluding steroid dienone is 10. The van der Waals surface area contributed by atoms with Gasteiger partial charge in [0.1, 0.15) is 0 Å². The minimum Gasteiger partial charge on any atom is -0.0847 e. The summed E-state index contributed by atoms with van der Waals surface area (Å²) in [4.78, 5) is 0. The molecule has 0 amide bonds. The van der Waals surface area contributed by atoms with Crippen molar-refractivity contribution >= 4 is 0 Å². The fourth-order valence-electron chi connectivity index (χ4n) is 0.996. The van der Waals surface area contributed by atoms with Crippen molar-refractivity contribution in [1.82, 2.24) is 0 Å². The van der Waals surface area contributed by atoms with Crippen molar-refractivity contribution in [3.05, 3.63) is 59.8 Å². The first kappa shape index (κ1) is 14.7. The Labute approximate surface area is 101 Å². The fourth-order valence-corrected chi connectivity index (χ4v) is 0.996. The van der Waals surface area contributed by atoms with E-state index in [1.54, 1.807) is 0 Å². The van der Waals surface area contributed by atoms with Crippen LogP contribution in [0.25, 0.3) is 0 Å². The minimum absolute atomic E-state index is 0.616. The van der Waals surface area contributed by atoms with Crippen LogP contribution in [0, 0.1) is 5.92 Å². The molecule has 0 spiro atoms. The Morgan fingerprint density at radius 1 is 0.875 bits per heavy atom. The molecule has 0 aromatic carbocycles. The zero-order chi connectivity index (χ0) is 12.4. The van der Waals surface area contributed by atoms with Crippen molar-refractivity contribution in [2.75, 3.05) is 0 Å². The van der Waals surface area contributed by atoms with E-state index < -0.39 is 0 Å². The summed E-state index contributed by atoms with van der Waals surface area (Å²) in [6, 6.07) is 0. The molecule has 0 aliphatic heterocycles. The van der Waals surface area contributed by atoms with Crippen LogP contribution in [0.4, 0.5) is 0 Å². The molecular formula is C16H24. The summed E-state index contributed by atoms with van der Waals surface area (Å²) in [5.74, 6) is 0.616. The Morgan fingerprint density at radius 3 is 1.94 bits per heavy atom. The molecule has 0 saturated carbocycles. The van der Waals surface area contributed by atoms with Gasteiger partial charge in [0.15, 0.2) is 0 Å². The quantitative estimate of drug-likeness (QED) is 0.552. The molecule has 0 aliphatic carbocycles. The van der Waals surface area contributed by atoms with Crippen LogP contribution in [0.3, 0.4) is 0 Å². The van der Waals surface area contributed by atoms with Gasteiger partial charge in [-0.15, -0.1) is 0 Å². The first-order valence-electron chi connectivity index (χ1n) is 5.89. The Hall–Kier alpha value is -1.30. The maximum absolute atomic E-state index is 2.19. The molecule has 0 fully saturated rings. The third-order valence-electron chi connectivity index (χ3n) is 2.14. The maximum Gasteiger partial charge on any atom is -0.0287 e. The third kappa shape index (κ3) is 9.26.